The average Bonchev–Trinajstić information content (AvgIpc) is 2.11. The second-order valence-electron chi connectivity index (χ2n) is 3.68. The first kappa shape index (κ1) is 13.9. The monoisotopic (exact) mass is 222 g/mol. The Balaban J connectivity index is 3.70. The first-order valence-electron chi connectivity index (χ1n) is 5.07. The van der Waals surface area contributed by atoms with E-state index < -0.39 is 10.0 Å². The lowest BCUT2D eigenvalue weighted by atomic mass is 10.3. The first-order chi connectivity index (χ1) is 6.40. The normalized spacial score (nSPS) is 12.7. The molecule has 0 heterocycles. The van der Waals surface area contributed by atoms with E-state index in [1.807, 2.05) is 0 Å². The molecule has 0 bridgehead atoms. The van der Waals surface area contributed by atoms with Crippen LogP contribution in [0.3, 0.4) is 0 Å². The van der Waals surface area contributed by atoms with Crippen LogP contribution in [0.25, 0.3) is 0 Å². The second-order valence-corrected chi connectivity index (χ2v) is 6.05. The molecule has 0 unspecified atom stereocenters. The molecule has 0 fully saturated rings. The Morgan fingerprint density at radius 2 is 1.93 bits per heavy atom. The minimum atomic E-state index is -2.99. The van der Waals surface area contributed by atoms with E-state index in [0.29, 0.717) is 12.6 Å². The first-order valence-corrected chi connectivity index (χ1v) is 6.68. The van der Waals surface area contributed by atoms with Crippen LogP contribution < -0.4 is 5.32 Å². The van der Waals surface area contributed by atoms with Crippen LogP contribution in [0.4, 0.5) is 0 Å². The minimum Gasteiger partial charge on any atom is -0.314 e. The van der Waals surface area contributed by atoms with Crippen molar-refractivity contribution in [2.45, 2.75) is 33.2 Å². The highest BCUT2D eigenvalue weighted by atomic mass is 32.2. The van der Waals surface area contributed by atoms with Crippen LogP contribution in [0.2, 0.25) is 0 Å². The highest BCUT2D eigenvalue weighted by Gasteiger charge is 2.13. The van der Waals surface area contributed by atoms with Gasteiger partial charge in [0.15, 0.2) is 0 Å². The maximum atomic E-state index is 11.3. The van der Waals surface area contributed by atoms with Gasteiger partial charge in [0.1, 0.15) is 0 Å². The zero-order chi connectivity index (χ0) is 11.2. The Kier molecular flexibility index (Phi) is 6.31. The molecular weight excluding hydrogens is 200 g/mol. The lowest BCUT2D eigenvalue weighted by molar-refractivity contribution is 0.448. The predicted molar refractivity (Wildman–Crippen MR) is 59.8 cm³/mol. The molecule has 0 aromatic carbocycles. The fourth-order valence-corrected chi connectivity index (χ4v) is 1.90. The van der Waals surface area contributed by atoms with E-state index in [1.165, 1.54) is 4.31 Å². The molecule has 0 amide bonds. The quantitative estimate of drug-likeness (QED) is 0.644. The van der Waals surface area contributed by atoms with Crippen LogP contribution in [0.15, 0.2) is 0 Å². The van der Waals surface area contributed by atoms with E-state index >= 15 is 0 Å². The van der Waals surface area contributed by atoms with E-state index in [9.17, 15) is 8.42 Å². The number of hydrogen-bond donors (Lipinski definition) is 1. The maximum Gasteiger partial charge on any atom is 0.213 e. The molecule has 0 saturated carbocycles. The topological polar surface area (TPSA) is 49.4 Å². The number of nitrogens with zero attached hydrogens (tertiary/aromatic N) is 1. The molecule has 0 aromatic rings. The average molecular weight is 222 g/mol. The van der Waals surface area contributed by atoms with Crippen molar-refractivity contribution < 1.29 is 8.42 Å². The van der Waals surface area contributed by atoms with Crippen LogP contribution >= 0.6 is 0 Å². The van der Waals surface area contributed by atoms with Crippen molar-refractivity contribution in [3.05, 3.63) is 0 Å². The van der Waals surface area contributed by atoms with Gasteiger partial charge in [0.25, 0.3) is 0 Å². The fourth-order valence-electron chi connectivity index (χ4n) is 1.05. The maximum absolute atomic E-state index is 11.3. The Hall–Kier alpha value is -0.130. The largest absolute Gasteiger partial charge is 0.314 e. The fraction of sp³-hybridized carbons (Fsp3) is 1.00. The molecule has 5 heteroatoms. The SMILES string of the molecule is CCS(=O)(=O)N(C)CCCNC(C)C. The summed E-state index contributed by atoms with van der Waals surface area (Å²) in [6.45, 7) is 7.27. The Bertz CT molecular complexity index is 237. The third kappa shape index (κ3) is 5.57. The van der Waals surface area contributed by atoms with Gasteiger partial charge in [0.2, 0.25) is 10.0 Å². The van der Waals surface area contributed by atoms with Crippen LogP contribution in [0, 0.1) is 0 Å². The lowest BCUT2D eigenvalue weighted by Gasteiger charge is -2.16. The van der Waals surface area contributed by atoms with E-state index in [-0.39, 0.29) is 5.75 Å². The van der Waals surface area contributed by atoms with E-state index in [2.05, 4.69) is 19.2 Å². The molecule has 0 rings (SSSR count). The lowest BCUT2D eigenvalue weighted by Crippen LogP contribution is -2.32. The van der Waals surface area contributed by atoms with Crippen molar-refractivity contribution in [3.63, 3.8) is 0 Å². The van der Waals surface area contributed by atoms with Gasteiger partial charge in [-0.2, -0.15) is 0 Å². The third-order valence-electron chi connectivity index (χ3n) is 2.04. The van der Waals surface area contributed by atoms with Gasteiger partial charge in [0, 0.05) is 19.6 Å². The van der Waals surface area contributed by atoms with Crippen LogP contribution in [-0.4, -0.2) is 44.7 Å². The summed E-state index contributed by atoms with van der Waals surface area (Å²) < 4.78 is 24.1. The van der Waals surface area contributed by atoms with Crippen LogP contribution in [0.5, 0.6) is 0 Å². The van der Waals surface area contributed by atoms with Gasteiger partial charge in [-0.1, -0.05) is 13.8 Å². The molecule has 0 aromatic heterocycles. The van der Waals surface area contributed by atoms with Gasteiger partial charge >= 0.3 is 0 Å². The molecule has 0 aliphatic rings. The molecule has 0 aliphatic heterocycles. The summed E-state index contributed by atoms with van der Waals surface area (Å²) in [5, 5.41) is 3.25. The van der Waals surface area contributed by atoms with Crippen LogP contribution in [0.1, 0.15) is 27.2 Å². The summed E-state index contributed by atoms with van der Waals surface area (Å²) in [6.07, 6.45) is 0.855. The number of nitrogens with one attached hydrogen (secondary N) is 1. The van der Waals surface area contributed by atoms with E-state index in [0.717, 1.165) is 13.0 Å². The molecule has 0 radical (unpaired) electrons. The third-order valence-corrected chi connectivity index (χ3v) is 3.90. The number of sulfonamides is 1. The smallest absolute Gasteiger partial charge is 0.213 e. The summed E-state index contributed by atoms with van der Waals surface area (Å²) in [6, 6.07) is 0.461. The van der Waals surface area contributed by atoms with Crippen molar-refractivity contribution in [2.24, 2.45) is 0 Å². The number of rotatable bonds is 7. The van der Waals surface area contributed by atoms with Crippen molar-refractivity contribution in [3.8, 4) is 0 Å². The molecule has 4 nitrogen and oxygen atoms in total. The van der Waals surface area contributed by atoms with Crippen molar-refractivity contribution in [2.75, 3.05) is 25.9 Å². The van der Waals surface area contributed by atoms with Gasteiger partial charge in [-0.05, 0) is 19.9 Å². The van der Waals surface area contributed by atoms with Crippen LogP contribution in [-0.2, 0) is 10.0 Å². The standard InChI is InChI=1S/C9H22N2O2S/c1-5-14(12,13)11(4)8-6-7-10-9(2)3/h9-10H,5-8H2,1-4H3. The number of hydrogen-bond acceptors (Lipinski definition) is 3. The Morgan fingerprint density at radius 3 is 2.36 bits per heavy atom. The summed E-state index contributed by atoms with van der Waals surface area (Å²) in [4.78, 5) is 0. The Morgan fingerprint density at radius 1 is 1.36 bits per heavy atom. The van der Waals surface area contributed by atoms with Gasteiger partial charge in [0.05, 0.1) is 5.75 Å². The zero-order valence-corrected chi connectivity index (χ0v) is 10.4. The summed E-state index contributed by atoms with van der Waals surface area (Å²) >= 11 is 0. The Labute approximate surface area is 87.7 Å². The molecular formula is C9H22N2O2S. The minimum absolute atomic E-state index is 0.182. The molecule has 0 saturated heterocycles. The predicted octanol–water partition coefficient (Wildman–Crippen LogP) is 0.656. The van der Waals surface area contributed by atoms with Crippen molar-refractivity contribution in [1.82, 2.24) is 9.62 Å². The summed E-state index contributed by atoms with van der Waals surface area (Å²) in [5.74, 6) is 0.182. The van der Waals surface area contributed by atoms with Crippen molar-refractivity contribution in [1.29, 1.82) is 0 Å². The van der Waals surface area contributed by atoms with Gasteiger partial charge < -0.3 is 5.32 Å². The molecule has 1 N–H and O–H groups in total. The molecule has 0 spiro atoms. The van der Waals surface area contributed by atoms with Gasteiger partial charge in [-0.25, -0.2) is 12.7 Å². The summed E-state index contributed by atoms with van der Waals surface area (Å²) in [7, 11) is -1.36. The highest BCUT2D eigenvalue weighted by molar-refractivity contribution is 7.89. The van der Waals surface area contributed by atoms with Gasteiger partial charge in [-0.3, -0.25) is 0 Å². The van der Waals surface area contributed by atoms with Gasteiger partial charge in [-0.15, -0.1) is 0 Å². The zero-order valence-electron chi connectivity index (χ0n) is 9.58. The molecule has 0 atom stereocenters. The van der Waals surface area contributed by atoms with E-state index in [1.54, 1.807) is 14.0 Å². The highest BCUT2D eigenvalue weighted by Crippen LogP contribution is 1.98. The molecule has 86 valence electrons. The van der Waals surface area contributed by atoms with Crippen molar-refractivity contribution >= 4 is 10.0 Å². The molecule has 0 aliphatic carbocycles. The molecule has 14 heavy (non-hydrogen) atoms. The van der Waals surface area contributed by atoms with E-state index in [4.69, 9.17) is 0 Å². The summed E-state index contributed by atoms with van der Waals surface area (Å²) in [5.41, 5.74) is 0. The second kappa shape index (κ2) is 6.37.